The summed E-state index contributed by atoms with van der Waals surface area (Å²) in [6.45, 7) is 3.22. The molecule has 0 aliphatic heterocycles. The van der Waals surface area contributed by atoms with E-state index in [-0.39, 0.29) is 0 Å². The highest BCUT2D eigenvalue weighted by atomic mass is 16.5. The molecular weight excluding hydrogens is 224 g/mol. The molecule has 0 spiro atoms. The van der Waals surface area contributed by atoms with Crippen molar-refractivity contribution < 1.29 is 9.84 Å². The number of aliphatic hydroxyl groups is 1. The van der Waals surface area contributed by atoms with E-state index in [1.54, 1.807) is 0 Å². The summed E-state index contributed by atoms with van der Waals surface area (Å²) >= 11 is 0. The van der Waals surface area contributed by atoms with E-state index >= 15 is 0 Å². The molecule has 96 valence electrons. The Bertz CT molecular complexity index is 488. The molecule has 1 atom stereocenters. The molecule has 2 rings (SSSR count). The van der Waals surface area contributed by atoms with Crippen LogP contribution in [-0.2, 0) is 4.74 Å². The third-order valence-corrected chi connectivity index (χ3v) is 3.10. The molecule has 0 heterocycles. The quantitative estimate of drug-likeness (QED) is 0.785. The first kappa shape index (κ1) is 13.1. The van der Waals surface area contributed by atoms with Crippen molar-refractivity contribution in [1.82, 2.24) is 0 Å². The van der Waals surface area contributed by atoms with Crippen LogP contribution in [0.2, 0.25) is 0 Å². The van der Waals surface area contributed by atoms with Gasteiger partial charge in [0.1, 0.15) is 6.10 Å². The molecule has 1 N–H and O–H groups in total. The topological polar surface area (TPSA) is 29.5 Å². The van der Waals surface area contributed by atoms with Gasteiger partial charge in [0.15, 0.2) is 0 Å². The maximum Gasteiger partial charge on any atom is 0.103 e. The Labute approximate surface area is 108 Å². The van der Waals surface area contributed by atoms with E-state index in [0.29, 0.717) is 6.61 Å². The van der Waals surface area contributed by atoms with Crippen LogP contribution < -0.4 is 0 Å². The van der Waals surface area contributed by atoms with E-state index in [1.807, 2.05) is 30.3 Å². The second-order valence-corrected chi connectivity index (χ2v) is 4.51. The minimum atomic E-state index is -0.548. The predicted octanol–water partition coefficient (Wildman–Crippen LogP) is 3.69. The van der Waals surface area contributed by atoms with E-state index in [9.17, 15) is 5.11 Å². The molecule has 0 saturated heterocycles. The number of rotatable bonds is 6. The summed E-state index contributed by atoms with van der Waals surface area (Å²) in [4.78, 5) is 0. The highest BCUT2D eigenvalue weighted by molar-refractivity contribution is 5.85. The molecule has 0 aromatic heterocycles. The maximum atomic E-state index is 10.2. The molecule has 0 saturated carbocycles. The van der Waals surface area contributed by atoms with E-state index in [2.05, 4.69) is 19.1 Å². The van der Waals surface area contributed by atoms with Gasteiger partial charge < -0.3 is 9.84 Å². The van der Waals surface area contributed by atoms with Crippen molar-refractivity contribution >= 4 is 10.8 Å². The van der Waals surface area contributed by atoms with Gasteiger partial charge in [-0.1, -0.05) is 55.8 Å². The van der Waals surface area contributed by atoms with Gasteiger partial charge in [-0.15, -0.1) is 0 Å². The molecule has 2 aromatic carbocycles. The Kier molecular flexibility index (Phi) is 4.73. The fraction of sp³-hybridized carbons (Fsp3) is 0.375. The molecule has 0 bridgehead atoms. The van der Waals surface area contributed by atoms with Gasteiger partial charge in [-0.2, -0.15) is 0 Å². The molecule has 1 unspecified atom stereocenters. The lowest BCUT2D eigenvalue weighted by Gasteiger charge is -2.14. The van der Waals surface area contributed by atoms with Gasteiger partial charge in [0.25, 0.3) is 0 Å². The smallest absolute Gasteiger partial charge is 0.103 e. The average Bonchev–Trinajstić information content (AvgIpc) is 2.43. The van der Waals surface area contributed by atoms with Crippen LogP contribution in [0.15, 0.2) is 42.5 Å². The predicted molar refractivity (Wildman–Crippen MR) is 74.6 cm³/mol. The van der Waals surface area contributed by atoms with Crippen LogP contribution in [0.25, 0.3) is 10.8 Å². The zero-order chi connectivity index (χ0) is 12.8. The van der Waals surface area contributed by atoms with Crippen LogP contribution in [0.5, 0.6) is 0 Å². The van der Waals surface area contributed by atoms with Crippen LogP contribution in [-0.4, -0.2) is 18.3 Å². The number of benzene rings is 2. The molecule has 0 aliphatic carbocycles. The van der Waals surface area contributed by atoms with E-state index in [0.717, 1.165) is 35.8 Å². The molecule has 2 aromatic rings. The largest absolute Gasteiger partial charge is 0.386 e. The van der Waals surface area contributed by atoms with Crippen molar-refractivity contribution in [3.05, 3.63) is 48.0 Å². The Hall–Kier alpha value is -1.38. The van der Waals surface area contributed by atoms with E-state index < -0.39 is 6.10 Å². The number of fused-ring (bicyclic) bond motifs is 1. The number of hydrogen-bond donors (Lipinski definition) is 1. The summed E-state index contributed by atoms with van der Waals surface area (Å²) in [5, 5.41) is 12.5. The number of aliphatic hydroxyl groups excluding tert-OH is 1. The molecule has 2 nitrogen and oxygen atoms in total. The van der Waals surface area contributed by atoms with Crippen molar-refractivity contribution in [3.63, 3.8) is 0 Å². The Balaban J connectivity index is 2.10. The zero-order valence-electron chi connectivity index (χ0n) is 10.8. The van der Waals surface area contributed by atoms with E-state index in [1.165, 1.54) is 0 Å². The molecule has 2 heteroatoms. The van der Waals surface area contributed by atoms with Gasteiger partial charge in [-0.05, 0) is 22.8 Å². The van der Waals surface area contributed by atoms with Crippen molar-refractivity contribution in [2.75, 3.05) is 13.2 Å². The van der Waals surface area contributed by atoms with Gasteiger partial charge in [0.05, 0.1) is 6.61 Å². The maximum absolute atomic E-state index is 10.2. The Morgan fingerprint density at radius 3 is 2.72 bits per heavy atom. The van der Waals surface area contributed by atoms with Crippen LogP contribution in [0.4, 0.5) is 0 Å². The summed E-state index contributed by atoms with van der Waals surface area (Å²) < 4.78 is 5.49. The molecule has 0 radical (unpaired) electrons. The summed E-state index contributed by atoms with van der Waals surface area (Å²) in [6.07, 6.45) is 1.61. The lowest BCUT2D eigenvalue weighted by Crippen LogP contribution is -2.08. The van der Waals surface area contributed by atoms with Crippen LogP contribution in [0.3, 0.4) is 0 Å². The summed E-state index contributed by atoms with van der Waals surface area (Å²) in [5.74, 6) is 0. The normalized spacial score (nSPS) is 12.8. The molecule has 0 amide bonds. The number of unbranched alkanes of at least 4 members (excludes halogenated alkanes) is 1. The van der Waals surface area contributed by atoms with Crippen molar-refractivity contribution in [1.29, 1.82) is 0 Å². The first-order valence-electron chi connectivity index (χ1n) is 6.56. The van der Waals surface area contributed by atoms with Gasteiger partial charge >= 0.3 is 0 Å². The first-order valence-corrected chi connectivity index (χ1v) is 6.56. The molecular formula is C16H20O2. The highest BCUT2D eigenvalue weighted by Gasteiger charge is 2.10. The van der Waals surface area contributed by atoms with Crippen LogP contribution >= 0.6 is 0 Å². The average molecular weight is 244 g/mol. The van der Waals surface area contributed by atoms with Gasteiger partial charge in [0, 0.05) is 6.61 Å². The monoisotopic (exact) mass is 244 g/mol. The Morgan fingerprint density at radius 1 is 1.11 bits per heavy atom. The fourth-order valence-corrected chi connectivity index (χ4v) is 2.07. The third-order valence-electron chi connectivity index (χ3n) is 3.10. The van der Waals surface area contributed by atoms with Crippen molar-refractivity contribution in [2.24, 2.45) is 0 Å². The zero-order valence-corrected chi connectivity index (χ0v) is 10.8. The highest BCUT2D eigenvalue weighted by Crippen LogP contribution is 2.24. The van der Waals surface area contributed by atoms with Crippen LogP contribution in [0.1, 0.15) is 31.4 Å². The Morgan fingerprint density at radius 2 is 1.89 bits per heavy atom. The second kappa shape index (κ2) is 6.53. The first-order chi connectivity index (χ1) is 8.83. The summed E-state index contributed by atoms with van der Waals surface area (Å²) in [7, 11) is 0. The SMILES string of the molecule is CCCCOCC(O)c1cccc2ccccc12. The molecule has 0 fully saturated rings. The molecule has 0 aliphatic rings. The minimum Gasteiger partial charge on any atom is -0.386 e. The summed E-state index contributed by atoms with van der Waals surface area (Å²) in [5.41, 5.74) is 0.949. The lowest BCUT2D eigenvalue weighted by atomic mass is 10.0. The van der Waals surface area contributed by atoms with Gasteiger partial charge in [-0.3, -0.25) is 0 Å². The molecule has 18 heavy (non-hydrogen) atoms. The standard InChI is InChI=1S/C16H20O2/c1-2-3-11-18-12-16(17)15-10-6-8-13-7-4-5-9-14(13)15/h4-10,16-17H,2-3,11-12H2,1H3. The van der Waals surface area contributed by atoms with Crippen molar-refractivity contribution in [3.8, 4) is 0 Å². The third kappa shape index (κ3) is 3.09. The second-order valence-electron chi connectivity index (χ2n) is 4.51. The lowest BCUT2D eigenvalue weighted by molar-refractivity contribution is 0.0356. The van der Waals surface area contributed by atoms with Gasteiger partial charge in [0.2, 0.25) is 0 Å². The number of hydrogen-bond acceptors (Lipinski definition) is 2. The van der Waals surface area contributed by atoms with Gasteiger partial charge in [-0.25, -0.2) is 0 Å². The summed E-state index contributed by atoms with van der Waals surface area (Å²) in [6, 6.07) is 14.1. The van der Waals surface area contributed by atoms with Crippen molar-refractivity contribution in [2.45, 2.75) is 25.9 Å². The fourth-order valence-electron chi connectivity index (χ4n) is 2.07. The van der Waals surface area contributed by atoms with E-state index in [4.69, 9.17) is 4.74 Å². The minimum absolute atomic E-state index is 0.369. The van der Waals surface area contributed by atoms with Crippen LogP contribution in [0, 0.1) is 0 Å². The number of ether oxygens (including phenoxy) is 1.